The third-order valence-corrected chi connectivity index (χ3v) is 9.35. The molecule has 2 atom stereocenters. The molecule has 7 nitrogen and oxygen atoms in total. The van der Waals surface area contributed by atoms with Crippen LogP contribution in [0.4, 0.5) is 36.6 Å². The summed E-state index contributed by atoms with van der Waals surface area (Å²) in [5, 5.41) is 3.66. The van der Waals surface area contributed by atoms with E-state index >= 15 is 4.39 Å². The zero-order valence-corrected chi connectivity index (χ0v) is 23.0. The Kier molecular flexibility index (Phi) is 6.73. The number of fused-ring (bicyclic) bond motifs is 4. The third-order valence-electron chi connectivity index (χ3n) is 9.35. The molecule has 2 bridgehead atoms. The van der Waals surface area contributed by atoms with Crippen molar-refractivity contribution in [3.8, 4) is 17.3 Å². The molecule has 4 aliphatic heterocycles. The van der Waals surface area contributed by atoms with Gasteiger partial charge in [-0.3, -0.25) is 9.88 Å². The number of pyridine rings is 1. The van der Waals surface area contributed by atoms with Crippen LogP contribution in [0.1, 0.15) is 49.7 Å². The lowest BCUT2D eigenvalue weighted by molar-refractivity contribution is -0.161. The first-order chi connectivity index (χ1) is 20.4. The van der Waals surface area contributed by atoms with E-state index in [9.17, 15) is 26.3 Å². The van der Waals surface area contributed by atoms with Crippen LogP contribution in [0, 0.1) is 5.82 Å². The Morgan fingerprint density at radius 2 is 1.65 bits per heavy atom. The van der Waals surface area contributed by atoms with Crippen molar-refractivity contribution in [1.82, 2.24) is 25.2 Å². The maximum atomic E-state index is 16.3. The number of piperazine rings is 1. The van der Waals surface area contributed by atoms with Crippen LogP contribution in [0.2, 0.25) is 0 Å². The first-order valence-electron chi connectivity index (χ1n) is 14.5. The summed E-state index contributed by atoms with van der Waals surface area (Å²) in [6, 6.07) is 2.17. The monoisotopic (exact) mass is 610 g/mol. The van der Waals surface area contributed by atoms with Gasteiger partial charge in [0.05, 0.1) is 22.1 Å². The predicted octanol–water partition coefficient (Wildman–Crippen LogP) is 5.82. The van der Waals surface area contributed by atoms with Gasteiger partial charge in [0.25, 0.3) is 0 Å². The highest BCUT2D eigenvalue weighted by molar-refractivity contribution is 5.92. The molecular weight excluding hydrogens is 581 g/mol. The van der Waals surface area contributed by atoms with E-state index in [-0.39, 0.29) is 41.1 Å². The maximum absolute atomic E-state index is 16.3. The SMILES string of the molecule is Fc1c(-c2cccc(C(F)(F)F)c2C(F)(F)F)ncc2c(N3CC4CCC(C3)N4)nc(OCC34CCCN3CCC4)nc12. The van der Waals surface area contributed by atoms with E-state index in [4.69, 9.17) is 4.74 Å². The van der Waals surface area contributed by atoms with Crippen LogP contribution >= 0.6 is 0 Å². The fourth-order valence-electron chi connectivity index (χ4n) is 7.44. The van der Waals surface area contributed by atoms with Gasteiger partial charge < -0.3 is 15.0 Å². The molecule has 3 aromatic rings. The van der Waals surface area contributed by atoms with Gasteiger partial charge in [-0.15, -0.1) is 0 Å². The number of rotatable bonds is 5. The molecule has 0 spiro atoms. The summed E-state index contributed by atoms with van der Waals surface area (Å²) >= 11 is 0. The van der Waals surface area contributed by atoms with Crippen LogP contribution in [0.5, 0.6) is 6.01 Å². The number of hydrogen-bond donors (Lipinski definition) is 1. The largest absolute Gasteiger partial charge is 0.461 e. The van der Waals surface area contributed by atoms with Gasteiger partial charge in [0.1, 0.15) is 23.6 Å². The van der Waals surface area contributed by atoms with Crippen LogP contribution in [-0.2, 0) is 12.4 Å². The summed E-state index contributed by atoms with van der Waals surface area (Å²) in [5.41, 5.74) is -6.34. The zero-order valence-electron chi connectivity index (χ0n) is 23.0. The quantitative estimate of drug-likeness (QED) is 0.366. The Labute approximate surface area is 242 Å². The van der Waals surface area contributed by atoms with Gasteiger partial charge in [0.15, 0.2) is 5.82 Å². The van der Waals surface area contributed by atoms with Crippen molar-refractivity contribution in [2.45, 2.75) is 68.5 Å². The first kappa shape index (κ1) is 28.5. The number of nitrogens with one attached hydrogen (secondary N) is 1. The smallest absolute Gasteiger partial charge is 0.417 e. The highest BCUT2D eigenvalue weighted by Crippen LogP contribution is 2.46. The number of hydrogen-bond acceptors (Lipinski definition) is 7. The fourth-order valence-corrected chi connectivity index (χ4v) is 7.44. The topological polar surface area (TPSA) is 66.4 Å². The second-order valence-electron chi connectivity index (χ2n) is 12.0. The second-order valence-corrected chi connectivity index (χ2v) is 12.0. The molecule has 7 rings (SSSR count). The molecule has 2 unspecified atom stereocenters. The Bertz CT molecular complexity index is 1540. The molecule has 0 aliphatic carbocycles. The zero-order chi connectivity index (χ0) is 30.1. The molecule has 4 fully saturated rings. The summed E-state index contributed by atoms with van der Waals surface area (Å²) < 4.78 is 106. The molecule has 1 aromatic carbocycles. The number of ether oxygens (including phenoxy) is 1. The van der Waals surface area contributed by atoms with Crippen molar-refractivity contribution in [2.24, 2.45) is 0 Å². The van der Waals surface area contributed by atoms with Crippen molar-refractivity contribution in [1.29, 1.82) is 0 Å². The highest BCUT2D eigenvalue weighted by atomic mass is 19.4. The summed E-state index contributed by atoms with van der Waals surface area (Å²) in [6.07, 6.45) is -3.76. The molecule has 0 radical (unpaired) electrons. The number of alkyl halides is 6. The lowest BCUT2D eigenvalue weighted by Crippen LogP contribution is -2.51. The van der Waals surface area contributed by atoms with E-state index in [1.54, 1.807) is 0 Å². The Balaban J connectivity index is 1.36. The van der Waals surface area contributed by atoms with Crippen LogP contribution in [0.25, 0.3) is 22.2 Å². The number of anilines is 1. The number of aromatic nitrogens is 3. The van der Waals surface area contributed by atoms with Crippen LogP contribution in [0.15, 0.2) is 24.4 Å². The molecule has 0 amide bonds. The van der Waals surface area contributed by atoms with Crippen molar-refractivity contribution in [3.05, 3.63) is 41.3 Å². The highest BCUT2D eigenvalue weighted by Gasteiger charge is 2.47. The van der Waals surface area contributed by atoms with Crippen molar-refractivity contribution in [2.75, 3.05) is 37.7 Å². The Hall–Kier alpha value is -3.26. The van der Waals surface area contributed by atoms with Gasteiger partial charge in [0.2, 0.25) is 0 Å². The maximum Gasteiger partial charge on any atom is 0.417 e. The van der Waals surface area contributed by atoms with E-state index in [2.05, 4.69) is 25.2 Å². The van der Waals surface area contributed by atoms with Gasteiger partial charge in [-0.05, 0) is 57.7 Å². The minimum absolute atomic E-state index is 0.127. The summed E-state index contributed by atoms with van der Waals surface area (Å²) in [5.74, 6) is -0.931. The minimum Gasteiger partial charge on any atom is -0.461 e. The first-order valence-corrected chi connectivity index (χ1v) is 14.5. The number of halogens is 7. The van der Waals surface area contributed by atoms with Gasteiger partial charge in [-0.1, -0.05) is 12.1 Å². The van der Waals surface area contributed by atoms with E-state index in [1.165, 1.54) is 0 Å². The summed E-state index contributed by atoms with van der Waals surface area (Å²) in [7, 11) is 0. The molecule has 4 saturated heterocycles. The van der Waals surface area contributed by atoms with Gasteiger partial charge in [-0.25, -0.2) is 4.39 Å². The molecule has 1 N–H and O–H groups in total. The second kappa shape index (κ2) is 10.1. The molecule has 230 valence electrons. The average molecular weight is 611 g/mol. The van der Waals surface area contributed by atoms with Crippen LogP contribution in [0.3, 0.4) is 0 Å². The standard InChI is InChI=1S/C29H29F7N6O/c30-22-23(18-4-1-5-20(28(31,32)33)21(18)29(34,35)36)37-12-19-24(22)39-26(43-15-27-8-2-10-42(27)11-3-9-27)40-25(19)41-13-16-6-7-17(14-41)38-16/h1,4-5,12,16-17,38H,2-3,6-11,13-15H2. The van der Waals surface area contributed by atoms with Crippen LogP contribution in [-0.4, -0.2) is 70.3 Å². The number of nitrogens with zero attached hydrogens (tertiary/aromatic N) is 5. The normalized spacial score (nSPS) is 23.7. The van der Waals surface area contributed by atoms with E-state index in [0.717, 1.165) is 69.9 Å². The van der Waals surface area contributed by atoms with E-state index < -0.39 is 40.6 Å². The fraction of sp³-hybridized carbons (Fsp3) is 0.552. The van der Waals surface area contributed by atoms with Gasteiger partial charge >= 0.3 is 18.4 Å². The molecule has 4 aliphatic rings. The Morgan fingerprint density at radius 3 is 2.30 bits per heavy atom. The molecule has 6 heterocycles. The lowest BCUT2D eigenvalue weighted by atomic mass is 9.95. The van der Waals surface area contributed by atoms with Crippen molar-refractivity contribution >= 4 is 16.7 Å². The van der Waals surface area contributed by atoms with Crippen molar-refractivity contribution in [3.63, 3.8) is 0 Å². The van der Waals surface area contributed by atoms with E-state index in [0.29, 0.717) is 25.0 Å². The summed E-state index contributed by atoms with van der Waals surface area (Å²) in [6.45, 7) is 3.32. The summed E-state index contributed by atoms with van der Waals surface area (Å²) in [4.78, 5) is 17.2. The van der Waals surface area contributed by atoms with Gasteiger partial charge in [-0.2, -0.15) is 36.3 Å². The molecule has 0 saturated carbocycles. The third kappa shape index (κ3) is 4.95. The molecule has 2 aromatic heterocycles. The average Bonchev–Trinajstić information content (AvgIpc) is 3.64. The molecule has 43 heavy (non-hydrogen) atoms. The van der Waals surface area contributed by atoms with Crippen molar-refractivity contribution < 1.29 is 35.5 Å². The predicted molar refractivity (Wildman–Crippen MR) is 143 cm³/mol. The Morgan fingerprint density at radius 1 is 0.953 bits per heavy atom. The molecular formula is C29H29F7N6O. The van der Waals surface area contributed by atoms with Gasteiger partial charge in [0, 0.05) is 36.9 Å². The lowest BCUT2D eigenvalue weighted by Gasteiger charge is -2.34. The minimum atomic E-state index is -5.43. The van der Waals surface area contributed by atoms with E-state index in [1.807, 2.05) is 4.90 Å². The number of benzene rings is 1. The van der Waals surface area contributed by atoms with Crippen LogP contribution < -0.4 is 15.0 Å². The molecule has 14 heteroatoms.